The molecule has 33 heavy (non-hydrogen) atoms. The van der Waals surface area contributed by atoms with Crippen molar-refractivity contribution in [2.75, 3.05) is 7.11 Å². The van der Waals surface area contributed by atoms with Crippen LogP contribution in [-0.2, 0) is 11.4 Å². The minimum atomic E-state index is -0.336. The van der Waals surface area contributed by atoms with Crippen LogP contribution in [0.4, 0.5) is 10.1 Å². The Morgan fingerprint density at radius 1 is 1.15 bits per heavy atom. The molecule has 1 amide bonds. The fraction of sp³-hybridized carbons (Fsp3) is 0.120. The molecular weight excluding hydrogens is 554 g/mol. The van der Waals surface area contributed by atoms with E-state index < -0.39 is 0 Å². The molecular formula is C25H20FIN2O3S. The summed E-state index contributed by atoms with van der Waals surface area (Å²) in [6.45, 7) is 2.47. The number of rotatable bonds is 6. The number of hydrogen-bond acceptors (Lipinski definition) is 5. The van der Waals surface area contributed by atoms with Gasteiger partial charge in [0, 0.05) is 0 Å². The van der Waals surface area contributed by atoms with Gasteiger partial charge in [-0.05, 0) is 94.9 Å². The van der Waals surface area contributed by atoms with Gasteiger partial charge in [0.05, 0.1) is 21.3 Å². The summed E-state index contributed by atoms with van der Waals surface area (Å²) in [4.78, 5) is 17.3. The number of methoxy groups -OCH3 is 1. The van der Waals surface area contributed by atoms with Gasteiger partial charge in [0.2, 0.25) is 0 Å². The number of aliphatic imine (C=N–C) groups is 1. The van der Waals surface area contributed by atoms with Gasteiger partial charge in [-0.25, -0.2) is 9.38 Å². The first-order valence-corrected chi connectivity index (χ1v) is 11.9. The van der Waals surface area contributed by atoms with Gasteiger partial charge in [0.25, 0.3) is 5.91 Å². The van der Waals surface area contributed by atoms with E-state index in [1.165, 1.54) is 29.5 Å². The highest BCUT2D eigenvalue weighted by molar-refractivity contribution is 14.1. The first-order valence-electron chi connectivity index (χ1n) is 10.0. The Morgan fingerprint density at radius 2 is 1.94 bits per heavy atom. The van der Waals surface area contributed by atoms with E-state index in [9.17, 15) is 9.18 Å². The summed E-state index contributed by atoms with van der Waals surface area (Å²) in [7, 11) is 1.59. The van der Waals surface area contributed by atoms with Crippen LogP contribution in [0.2, 0.25) is 0 Å². The number of benzene rings is 3. The number of thioether (sulfide) groups is 1. The fourth-order valence-electron chi connectivity index (χ4n) is 3.19. The molecule has 0 spiro atoms. The third-order valence-corrected chi connectivity index (χ3v) is 6.43. The number of nitrogens with one attached hydrogen (secondary N) is 1. The van der Waals surface area contributed by atoms with Crippen LogP contribution in [-0.4, -0.2) is 18.2 Å². The molecule has 1 saturated heterocycles. The number of amides is 1. The third-order valence-electron chi connectivity index (χ3n) is 4.72. The van der Waals surface area contributed by atoms with Gasteiger partial charge < -0.3 is 14.8 Å². The van der Waals surface area contributed by atoms with Crippen LogP contribution < -0.4 is 14.8 Å². The zero-order valence-corrected chi connectivity index (χ0v) is 20.9. The SMILES string of the molecule is COc1cc(/C=C2/SC(=Nc3ccc(F)cc3)NC2=O)cc(I)c1OCc1cccc(C)c1. The van der Waals surface area contributed by atoms with Crippen LogP contribution in [0.25, 0.3) is 6.08 Å². The van der Waals surface area contributed by atoms with Crippen LogP contribution in [0.15, 0.2) is 70.6 Å². The van der Waals surface area contributed by atoms with Gasteiger partial charge in [-0.3, -0.25) is 4.79 Å². The first kappa shape index (κ1) is 23.3. The predicted octanol–water partition coefficient (Wildman–Crippen LogP) is 6.22. The molecule has 168 valence electrons. The molecule has 4 rings (SSSR count). The Kier molecular flexibility index (Phi) is 7.34. The summed E-state index contributed by atoms with van der Waals surface area (Å²) < 4.78 is 25.6. The molecule has 0 aliphatic carbocycles. The van der Waals surface area contributed by atoms with Crippen LogP contribution in [0.3, 0.4) is 0 Å². The topological polar surface area (TPSA) is 59.9 Å². The van der Waals surface area contributed by atoms with Gasteiger partial charge in [-0.2, -0.15) is 0 Å². The summed E-state index contributed by atoms with van der Waals surface area (Å²) in [5, 5.41) is 3.18. The van der Waals surface area contributed by atoms with Crippen LogP contribution in [0.1, 0.15) is 16.7 Å². The molecule has 5 nitrogen and oxygen atoms in total. The van der Waals surface area contributed by atoms with E-state index in [0.29, 0.717) is 33.9 Å². The van der Waals surface area contributed by atoms with E-state index in [1.807, 2.05) is 37.3 Å². The summed E-state index contributed by atoms with van der Waals surface area (Å²) >= 11 is 3.43. The molecule has 0 atom stereocenters. The smallest absolute Gasteiger partial charge is 0.264 e. The van der Waals surface area contributed by atoms with Crippen molar-refractivity contribution in [1.82, 2.24) is 5.32 Å². The van der Waals surface area contributed by atoms with Crippen molar-refractivity contribution in [3.63, 3.8) is 0 Å². The average Bonchev–Trinajstić information content (AvgIpc) is 3.12. The summed E-state index contributed by atoms with van der Waals surface area (Å²) in [5.74, 6) is 0.668. The van der Waals surface area contributed by atoms with Crippen molar-refractivity contribution >= 4 is 57.2 Å². The molecule has 1 N–H and O–H groups in total. The number of ether oxygens (including phenoxy) is 2. The van der Waals surface area contributed by atoms with Gasteiger partial charge in [0.1, 0.15) is 12.4 Å². The number of nitrogens with zero attached hydrogens (tertiary/aromatic N) is 1. The normalized spacial score (nSPS) is 15.7. The highest BCUT2D eigenvalue weighted by atomic mass is 127. The van der Waals surface area contributed by atoms with Crippen molar-refractivity contribution in [3.05, 3.63) is 91.6 Å². The molecule has 1 aliphatic heterocycles. The van der Waals surface area contributed by atoms with E-state index in [0.717, 1.165) is 14.7 Å². The maximum absolute atomic E-state index is 13.1. The standard InChI is InChI=1S/C25H20FIN2O3S/c1-15-4-3-5-16(10-15)14-32-23-20(27)11-17(12-21(23)31-2)13-22-24(30)29-25(33-22)28-19-8-6-18(26)7-9-19/h3-13H,14H2,1-2H3,(H,28,29,30)/b22-13+. The summed E-state index contributed by atoms with van der Waals surface area (Å²) in [5.41, 5.74) is 3.62. The molecule has 3 aromatic rings. The second-order valence-corrected chi connectivity index (χ2v) is 9.46. The van der Waals surface area contributed by atoms with E-state index in [4.69, 9.17) is 9.47 Å². The predicted molar refractivity (Wildman–Crippen MR) is 138 cm³/mol. The van der Waals surface area contributed by atoms with Crippen molar-refractivity contribution in [1.29, 1.82) is 0 Å². The molecule has 0 aromatic heterocycles. The number of carbonyl (C=O) groups is 1. The Labute approximate surface area is 209 Å². The Bertz CT molecular complexity index is 1260. The zero-order valence-electron chi connectivity index (χ0n) is 17.9. The molecule has 1 heterocycles. The number of hydrogen-bond donors (Lipinski definition) is 1. The van der Waals surface area contributed by atoms with Crippen molar-refractivity contribution in [3.8, 4) is 11.5 Å². The molecule has 1 fully saturated rings. The average molecular weight is 574 g/mol. The molecule has 0 bridgehead atoms. The monoisotopic (exact) mass is 574 g/mol. The molecule has 3 aromatic carbocycles. The fourth-order valence-corrected chi connectivity index (χ4v) is 4.81. The highest BCUT2D eigenvalue weighted by Crippen LogP contribution is 2.36. The van der Waals surface area contributed by atoms with Gasteiger partial charge in [0.15, 0.2) is 16.7 Å². The maximum Gasteiger partial charge on any atom is 0.264 e. The van der Waals surface area contributed by atoms with Crippen molar-refractivity contribution in [2.24, 2.45) is 4.99 Å². The van der Waals surface area contributed by atoms with Crippen molar-refractivity contribution in [2.45, 2.75) is 13.5 Å². The lowest BCUT2D eigenvalue weighted by atomic mass is 10.1. The molecule has 8 heteroatoms. The first-order chi connectivity index (χ1) is 15.9. The van der Waals surface area contributed by atoms with E-state index in [1.54, 1.807) is 25.3 Å². The van der Waals surface area contributed by atoms with Crippen LogP contribution in [0.5, 0.6) is 11.5 Å². The largest absolute Gasteiger partial charge is 0.493 e. The Morgan fingerprint density at radius 3 is 2.67 bits per heavy atom. The number of aryl methyl sites for hydroxylation is 1. The Balaban J connectivity index is 1.53. The number of halogens is 2. The molecule has 0 unspecified atom stereocenters. The quantitative estimate of drug-likeness (QED) is 0.281. The molecule has 0 saturated carbocycles. The second kappa shape index (κ2) is 10.4. The van der Waals surface area contributed by atoms with Crippen LogP contribution >= 0.6 is 34.4 Å². The molecule has 0 radical (unpaired) electrons. The lowest BCUT2D eigenvalue weighted by Gasteiger charge is -2.14. The Hall–Kier alpha value is -2.85. The number of amidine groups is 1. The van der Waals surface area contributed by atoms with E-state index >= 15 is 0 Å². The third kappa shape index (κ3) is 5.94. The summed E-state index contributed by atoms with van der Waals surface area (Å²) in [6.07, 6.45) is 1.78. The number of carbonyl (C=O) groups excluding carboxylic acids is 1. The minimum absolute atomic E-state index is 0.241. The van der Waals surface area contributed by atoms with Gasteiger partial charge in [-0.15, -0.1) is 0 Å². The van der Waals surface area contributed by atoms with Crippen molar-refractivity contribution < 1.29 is 18.7 Å². The van der Waals surface area contributed by atoms with Gasteiger partial charge >= 0.3 is 0 Å². The highest BCUT2D eigenvalue weighted by Gasteiger charge is 2.24. The second-order valence-electron chi connectivity index (χ2n) is 7.27. The lowest BCUT2D eigenvalue weighted by molar-refractivity contribution is -0.115. The van der Waals surface area contributed by atoms with Crippen LogP contribution in [0, 0.1) is 16.3 Å². The van der Waals surface area contributed by atoms with E-state index in [2.05, 4.69) is 39.0 Å². The minimum Gasteiger partial charge on any atom is -0.493 e. The summed E-state index contributed by atoms with van der Waals surface area (Å²) in [6, 6.07) is 17.7. The van der Waals surface area contributed by atoms with E-state index in [-0.39, 0.29) is 11.7 Å². The zero-order chi connectivity index (χ0) is 23.4. The lowest BCUT2D eigenvalue weighted by Crippen LogP contribution is -2.19. The van der Waals surface area contributed by atoms with Gasteiger partial charge in [-0.1, -0.05) is 29.8 Å². The maximum atomic E-state index is 13.1. The molecule has 1 aliphatic rings.